The van der Waals surface area contributed by atoms with Gasteiger partial charge in [0.15, 0.2) is 0 Å². The molecule has 0 unspecified atom stereocenters. The summed E-state index contributed by atoms with van der Waals surface area (Å²) < 4.78 is 0. The fraction of sp³-hybridized carbons (Fsp3) is 1.00. The predicted molar refractivity (Wildman–Crippen MR) is 103 cm³/mol. The highest BCUT2D eigenvalue weighted by atomic mass is 16.3. The van der Waals surface area contributed by atoms with Crippen molar-refractivity contribution in [2.75, 3.05) is 0 Å². The van der Waals surface area contributed by atoms with Gasteiger partial charge in [-0.25, -0.2) is 0 Å². The first kappa shape index (κ1) is 18.7. The van der Waals surface area contributed by atoms with Crippen LogP contribution in [0.3, 0.4) is 0 Å². The van der Waals surface area contributed by atoms with E-state index in [1.165, 1.54) is 89.9 Å². The molecule has 0 saturated heterocycles. The summed E-state index contributed by atoms with van der Waals surface area (Å²) in [5.41, 5.74) is 0. The number of hydrogen-bond donors (Lipinski definition) is 1. The molecule has 24 heavy (non-hydrogen) atoms. The van der Waals surface area contributed by atoms with Crippen LogP contribution in [0.4, 0.5) is 0 Å². The maximum absolute atomic E-state index is 9.66. The minimum atomic E-state index is 0.0202. The molecule has 4 saturated carbocycles. The van der Waals surface area contributed by atoms with Gasteiger partial charge in [0.05, 0.1) is 6.10 Å². The average Bonchev–Trinajstić information content (AvgIpc) is 2.55. The summed E-state index contributed by atoms with van der Waals surface area (Å²) in [7, 11) is 0. The Morgan fingerprint density at radius 3 is 1.08 bits per heavy atom. The third-order valence-electron chi connectivity index (χ3n) is 7.95. The van der Waals surface area contributed by atoms with Gasteiger partial charge in [0.2, 0.25) is 0 Å². The van der Waals surface area contributed by atoms with Crippen LogP contribution in [0.15, 0.2) is 0 Å². The molecule has 4 aliphatic carbocycles. The van der Waals surface area contributed by atoms with Crippen molar-refractivity contribution in [1.29, 1.82) is 0 Å². The van der Waals surface area contributed by atoms with Crippen molar-refractivity contribution in [2.24, 2.45) is 29.6 Å². The van der Waals surface area contributed by atoms with Crippen LogP contribution in [0, 0.1) is 29.6 Å². The molecular weight excluding hydrogens is 292 g/mol. The molecule has 0 aliphatic heterocycles. The highest BCUT2D eigenvalue weighted by molar-refractivity contribution is 4.85. The van der Waals surface area contributed by atoms with Gasteiger partial charge in [-0.1, -0.05) is 45.4 Å². The van der Waals surface area contributed by atoms with Crippen LogP contribution in [0.1, 0.15) is 110 Å². The van der Waals surface area contributed by atoms with E-state index in [1.807, 2.05) is 0 Å². The number of hydrogen-bond acceptors (Lipinski definition) is 1. The van der Waals surface area contributed by atoms with E-state index >= 15 is 0 Å². The van der Waals surface area contributed by atoms with E-state index in [0.717, 1.165) is 42.4 Å². The molecule has 1 nitrogen and oxygen atoms in total. The van der Waals surface area contributed by atoms with E-state index in [1.54, 1.807) is 0 Å². The zero-order valence-electron chi connectivity index (χ0n) is 16.2. The molecule has 0 aromatic rings. The van der Waals surface area contributed by atoms with Gasteiger partial charge in [0, 0.05) is 0 Å². The molecule has 0 aromatic heterocycles. The summed E-state index contributed by atoms with van der Waals surface area (Å²) in [6.45, 7) is 2.44. The van der Waals surface area contributed by atoms with Gasteiger partial charge in [-0.15, -0.1) is 0 Å². The molecule has 4 rings (SSSR count). The molecule has 0 bridgehead atoms. The fourth-order valence-corrected chi connectivity index (χ4v) is 5.67. The molecule has 4 fully saturated rings. The van der Waals surface area contributed by atoms with Gasteiger partial charge < -0.3 is 5.11 Å². The first-order valence-corrected chi connectivity index (χ1v) is 11.4. The Bertz CT molecular complexity index is 290. The second kappa shape index (κ2) is 9.60. The Morgan fingerprint density at radius 1 is 0.458 bits per heavy atom. The Morgan fingerprint density at radius 2 is 0.750 bits per heavy atom. The minimum absolute atomic E-state index is 0.0202. The summed E-state index contributed by atoms with van der Waals surface area (Å²) in [6.07, 6.45) is 22.8. The number of aliphatic hydroxyl groups excluding tert-OH is 1. The van der Waals surface area contributed by atoms with Crippen molar-refractivity contribution in [3.63, 3.8) is 0 Å². The van der Waals surface area contributed by atoms with Crippen molar-refractivity contribution in [3.8, 4) is 0 Å². The van der Waals surface area contributed by atoms with Crippen LogP contribution in [-0.4, -0.2) is 11.2 Å². The summed E-state index contributed by atoms with van der Waals surface area (Å²) in [5, 5.41) is 9.66. The zero-order valence-corrected chi connectivity index (χ0v) is 16.2. The second-order valence-electron chi connectivity index (χ2n) is 9.68. The van der Waals surface area contributed by atoms with Crippen LogP contribution in [0.2, 0.25) is 0 Å². The molecule has 4 aliphatic rings. The maximum atomic E-state index is 9.66. The molecule has 0 aromatic carbocycles. The van der Waals surface area contributed by atoms with Crippen molar-refractivity contribution >= 4 is 0 Å². The van der Waals surface area contributed by atoms with Crippen LogP contribution in [0.25, 0.3) is 0 Å². The van der Waals surface area contributed by atoms with Gasteiger partial charge in [-0.2, -0.15) is 0 Å². The Kier molecular flexibility index (Phi) is 7.50. The molecule has 1 N–H and O–H groups in total. The molecule has 0 radical (unpaired) electrons. The van der Waals surface area contributed by atoms with Crippen LogP contribution >= 0.6 is 0 Å². The number of rotatable bonds is 2. The fourth-order valence-electron chi connectivity index (χ4n) is 5.67. The summed E-state index contributed by atoms with van der Waals surface area (Å²) in [6, 6.07) is 0. The standard InChI is InChI=1S/C19H34O.C4H8/c1-14-2-4-15(5-3-14)16-6-8-17(9-7-16)18-10-12-19(20)13-11-18;1-2-4-3-1/h14-20H,2-13H2,1H3;1-4H2. The highest BCUT2D eigenvalue weighted by Gasteiger charge is 2.33. The molecule has 0 amide bonds. The van der Waals surface area contributed by atoms with Crippen LogP contribution < -0.4 is 0 Å². The van der Waals surface area contributed by atoms with E-state index in [4.69, 9.17) is 0 Å². The second-order valence-corrected chi connectivity index (χ2v) is 9.68. The predicted octanol–water partition coefficient (Wildman–Crippen LogP) is 6.73. The van der Waals surface area contributed by atoms with Crippen molar-refractivity contribution < 1.29 is 5.11 Å². The molecule has 0 spiro atoms. The average molecular weight is 335 g/mol. The molecular formula is C23H42O. The van der Waals surface area contributed by atoms with E-state index in [0.29, 0.717) is 0 Å². The van der Waals surface area contributed by atoms with Crippen molar-refractivity contribution in [1.82, 2.24) is 0 Å². The smallest absolute Gasteiger partial charge is 0.0540 e. The van der Waals surface area contributed by atoms with Gasteiger partial charge in [-0.05, 0) is 93.8 Å². The van der Waals surface area contributed by atoms with Crippen LogP contribution in [0.5, 0.6) is 0 Å². The van der Waals surface area contributed by atoms with E-state index in [9.17, 15) is 5.11 Å². The van der Waals surface area contributed by atoms with Gasteiger partial charge in [0.25, 0.3) is 0 Å². The van der Waals surface area contributed by atoms with Crippen LogP contribution in [-0.2, 0) is 0 Å². The lowest BCUT2D eigenvalue weighted by Crippen LogP contribution is -2.30. The topological polar surface area (TPSA) is 20.2 Å². The Labute approximate surface area is 151 Å². The molecule has 140 valence electrons. The molecule has 0 heterocycles. The summed E-state index contributed by atoms with van der Waals surface area (Å²) in [5.74, 6) is 5.08. The zero-order chi connectivity index (χ0) is 16.8. The van der Waals surface area contributed by atoms with Crippen molar-refractivity contribution in [3.05, 3.63) is 0 Å². The quantitative estimate of drug-likeness (QED) is 0.593. The van der Waals surface area contributed by atoms with E-state index in [-0.39, 0.29) is 6.10 Å². The third kappa shape index (κ3) is 5.48. The first-order chi connectivity index (χ1) is 11.7. The third-order valence-corrected chi connectivity index (χ3v) is 7.95. The largest absolute Gasteiger partial charge is 0.393 e. The summed E-state index contributed by atoms with van der Waals surface area (Å²) >= 11 is 0. The lowest BCUT2D eigenvalue weighted by Gasteiger charge is -2.40. The normalized spacial score (nSPS) is 43.2. The highest BCUT2D eigenvalue weighted by Crippen LogP contribution is 2.45. The monoisotopic (exact) mass is 334 g/mol. The number of aliphatic hydroxyl groups is 1. The Balaban J connectivity index is 0.000000370. The Hall–Kier alpha value is -0.0400. The van der Waals surface area contributed by atoms with E-state index < -0.39 is 0 Å². The lowest BCUT2D eigenvalue weighted by molar-refractivity contribution is 0.0673. The van der Waals surface area contributed by atoms with Crippen molar-refractivity contribution in [2.45, 2.75) is 116 Å². The van der Waals surface area contributed by atoms with Gasteiger partial charge in [0.1, 0.15) is 0 Å². The SMILES string of the molecule is C1CCC1.CC1CCC(C2CCC(C3CCC(O)CC3)CC2)CC1. The molecule has 1 heteroatoms. The first-order valence-electron chi connectivity index (χ1n) is 11.4. The van der Waals surface area contributed by atoms with E-state index in [2.05, 4.69) is 6.92 Å². The van der Waals surface area contributed by atoms with Gasteiger partial charge >= 0.3 is 0 Å². The summed E-state index contributed by atoms with van der Waals surface area (Å²) in [4.78, 5) is 0. The van der Waals surface area contributed by atoms with Gasteiger partial charge in [-0.3, -0.25) is 0 Å². The molecule has 0 atom stereocenters. The minimum Gasteiger partial charge on any atom is -0.393 e. The maximum Gasteiger partial charge on any atom is 0.0540 e. The lowest BCUT2D eigenvalue weighted by atomic mass is 9.66.